The SMILES string of the molecule is CCCCCN1C(=O)C2C(NC3N(c4cc(C)ccc4OC)CCCN23)N(C)C1=O. The number of imide groups is 1. The van der Waals surface area contributed by atoms with Crippen molar-refractivity contribution in [3.05, 3.63) is 23.8 Å². The maximum atomic E-state index is 13.4. The monoisotopic (exact) mass is 415 g/mol. The lowest BCUT2D eigenvalue weighted by atomic mass is 10.1. The number of hydrogen-bond acceptors (Lipinski definition) is 6. The van der Waals surface area contributed by atoms with E-state index in [-0.39, 0.29) is 30.4 Å². The number of likely N-dealkylation sites (N-methyl/N-ethyl adjacent to an activating group) is 1. The molecule has 0 radical (unpaired) electrons. The number of amides is 3. The third-order valence-corrected chi connectivity index (χ3v) is 6.50. The van der Waals surface area contributed by atoms with Crippen molar-refractivity contribution in [3.8, 4) is 5.75 Å². The summed E-state index contributed by atoms with van der Waals surface area (Å²) in [7, 11) is 3.48. The van der Waals surface area contributed by atoms with Gasteiger partial charge < -0.3 is 14.5 Å². The summed E-state index contributed by atoms with van der Waals surface area (Å²) in [4.78, 5) is 33.9. The fraction of sp³-hybridized carbons (Fsp3) is 0.636. The molecule has 3 atom stereocenters. The van der Waals surface area contributed by atoms with Crippen LogP contribution in [0.4, 0.5) is 10.5 Å². The molecule has 1 N–H and O–H groups in total. The number of hydrogen-bond donors (Lipinski definition) is 1. The van der Waals surface area contributed by atoms with Crippen LogP contribution >= 0.6 is 0 Å². The molecule has 3 heterocycles. The van der Waals surface area contributed by atoms with Crippen molar-refractivity contribution >= 4 is 17.6 Å². The van der Waals surface area contributed by atoms with Crippen LogP contribution in [0.1, 0.15) is 38.2 Å². The number of anilines is 1. The highest BCUT2D eigenvalue weighted by Crippen LogP contribution is 2.37. The van der Waals surface area contributed by atoms with E-state index < -0.39 is 0 Å². The Bertz CT molecular complexity index is 816. The van der Waals surface area contributed by atoms with Crippen molar-refractivity contribution in [2.45, 2.75) is 58.0 Å². The number of carbonyl (C=O) groups is 2. The van der Waals surface area contributed by atoms with Crippen molar-refractivity contribution in [2.24, 2.45) is 0 Å². The molecule has 164 valence electrons. The molecule has 0 aromatic heterocycles. The third kappa shape index (κ3) is 3.41. The van der Waals surface area contributed by atoms with E-state index in [2.05, 4.69) is 35.0 Å². The average molecular weight is 416 g/mol. The summed E-state index contributed by atoms with van der Waals surface area (Å²) in [6, 6.07) is 5.58. The van der Waals surface area contributed by atoms with Crippen LogP contribution in [0.3, 0.4) is 0 Å². The number of benzene rings is 1. The van der Waals surface area contributed by atoms with E-state index in [9.17, 15) is 9.59 Å². The fourth-order valence-corrected chi connectivity index (χ4v) is 4.92. The van der Waals surface area contributed by atoms with Gasteiger partial charge in [-0.25, -0.2) is 4.79 Å². The molecule has 3 unspecified atom stereocenters. The molecule has 3 aliphatic rings. The molecule has 8 nitrogen and oxygen atoms in total. The lowest BCUT2D eigenvalue weighted by molar-refractivity contribution is -0.138. The number of aryl methyl sites for hydroxylation is 1. The van der Waals surface area contributed by atoms with Gasteiger partial charge >= 0.3 is 6.03 Å². The highest BCUT2D eigenvalue weighted by molar-refractivity contribution is 6.00. The lowest BCUT2D eigenvalue weighted by Gasteiger charge is -2.44. The zero-order valence-corrected chi connectivity index (χ0v) is 18.4. The molecule has 0 bridgehead atoms. The van der Waals surface area contributed by atoms with Crippen LogP contribution in [-0.4, -0.2) is 78.9 Å². The number of unbranched alkanes of at least 4 members (excludes halogenated alkanes) is 2. The maximum Gasteiger partial charge on any atom is 0.327 e. The first kappa shape index (κ1) is 20.9. The van der Waals surface area contributed by atoms with Crippen LogP contribution in [0, 0.1) is 6.92 Å². The molecule has 3 fully saturated rings. The number of ether oxygens (including phenoxy) is 1. The van der Waals surface area contributed by atoms with Crippen LogP contribution in [0.2, 0.25) is 0 Å². The second-order valence-electron chi connectivity index (χ2n) is 8.48. The zero-order valence-electron chi connectivity index (χ0n) is 18.4. The van der Waals surface area contributed by atoms with Crippen molar-refractivity contribution in [2.75, 3.05) is 38.7 Å². The lowest BCUT2D eigenvalue weighted by Crippen LogP contribution is -2.66. The predicted octanol–water partition coefficient (Wildman–Crippen LogP) is 2.18. The van der Waals surface area contributed by atoms with Gasteiger partial charge in [0.2, 0.25) is 0 Å². The Balaban J connectivity index is 1.63. The summed E-state index contributed by atoms with van der Waals surface area (Å²) < 4.78 is 5.62. The summed E-state index contributed by atoms with van der Waals surface area (Å²) in [5.41, 5.74) is 2.17. The molecule has 3 aliphatic heterocycles. The molecule has 3 saturated heterocycles. The minimum atomic E-state index is -0.363. The summed E-state index contributed by atoms with van der Waals surface area (Å²) >= 11 is 0. The smallest absolute Gasteiger partial charge is 0.327 e. The van der Waals surface area contributed by atoms with Gasteiger partial charge in [0.1, 0.15) is 24.2 Å². The van der Waals surface area contributed by atoms with Crippen LogP contribution in [0.25, 0.3) is 0 Å². The molecule has 0 aliphatic carbocycles. The minimum absolute atomic E-state index is 0.0766. The van der Waals surface area contributed by atoms with Crippen LogP contribution in [-0.2, 0) is 4.79 Å². The van der Waals surface area contributed by atoms with Gasteiger partial charge in [-0.05, 0) is 37.5 Å². The Labute approximate surface area is 178 Å². The Morgan fingerprint density at radius 2 is 2.00 bits per heavy atom. The first-order chi connectivity index (χ1) is 14.5. The van der Waals surface area contributed by atoms with E-state index in [1.165, 1.54) is 4.90 Å². The quantitative estimate of drug-likeness (QED) is 0.719. The van der Waals surface area contributed by atoms with E-state index in [1.807, 2.05) is 12.1 Å². The van der Waals surface area contributed by atoms with Crippen LogP contribution in [0.15, 0.2) is 18.2 Å². The molecule has 8 heteroatoms. The predicted molar refractivity (Wildman–Crippen MR) is 115 cm³/mol. The number of urea groups is 1. The van der Waals surface area contributed by atoms with Gasteiger partial charge in [-0.1, -0.05) is 25.8 Å². The van der Waals surface area contributed by atoms with Crippen molar-refractivity contribution in [1.82, 2.24) is 20.0 Å². The number of rotatable bonds is 6. The van der Waals surface area contributed by atoms with E-state index in [4.69, 9.17) is 4.74 Å². The molecule has 1 aromatic carbocycles. The molecule has 4 rings (SSSR count). The summed E-state index contributed by atoms with van der Waals surface area (Å²) in [5, 5.41) is 3.57. The van der Waals surface area contributed by atoms with Gasteiger partial charge in [0.15, 0.2) is 0 Å². The Morgan fingerprint density at radius 1 is 1.20 bits per heavy atom. The van der Waals surface area contributed by atoms with Gasteiger partial charge in [0.25, 0.3) is 5.91 Å². The van der Waals surface area contributed by atoms with Gasteiger partial charge in [-0.2, -0.15) is 0 Å². The minimum Gasteiger partial charge on any atom is -0.495 e. The number of fused-ring (bicyclic) bond motifs is 3. The van der Waals surface area contributed by atoms with Crippen LogP contribution in [0.5, 0.6) is 5.75 Å². The van der Waals surface area contributed by atoms with Crippen LogP contribution < -0.4 is 15.0 Å². The second kappa shape index (κ2) is 8.43. The molecule has 0 spiro atoms. The molecule has 0 saturated carbocycles. The Kier molecular flexibility index (Phi) is 5.88. The molecular weight excluding hydrogens is 382 g/mol. The molecule has 3 amide bonds. The molecular formula is C22H33N5O3. The molecule has 1 aromatic rings. The fourth-order valence-electron chi connectivity index (χ4n) is 4.92. The number of methoxy groups -OCH3 is 1. The van der Waals surface area contributed by atoms with E-state index in [0.717, 1.165) is 55.8 Å². The highest BCUT2D eigenvalue weighted by Gasteiger charge is 2.56. The average Bonchev–Trinajstić information content (AvgIpc) is 3.14. The summed E-state index contributed by atoms with van der Waals surface area (Å²) in [6.07, 6.45) is 3.39. The van der Waals surface area contributed by atoms with Gasteiger partial charge in [0.05, 0.1) is 12.8 Å². The normalized spacial score (nSPS) is 26.8. The largest absolute Gasteiger partial charge is 0.495 e. The van der Waals surface area contributed by atoms with E-state index in [0.29, 0.717) is 6.54 Å². The Morgan fingerprint density at radius 3 is 2.73 bits per heavy atom. The number of nitrogens with one attached hydrogen (secondary N) is 1. The number of nitrogens with zero attached hydrogens (tertiary/aromatic N) is 4. The van der Waals surface area contributed by atoms with E-state index in [1.54, 1.807) is 19.1 Å². The summed E-state index contributed by atoms with van der Waals surface area (Å²) in [6.45, 7) is 6.36. The van der Waals surface area contributed by atoms with Crippen molar-refractivity contribution in [1.29, 1.82) is 0 Å². The van der Waals surface area contributed by atoms with Gasteiger partial charge in [-0.3, -0.25) is 19.9 Å². The van der Waals surface area contributed by atoms with Crippen molar-refractivity contribution in [3.63, 3.8) is 0 Å². The van der Waals surface area contributed by atoms with Crippen molar-refractivity contribution < 1.29 is 14.3 Å². The standard InChI is InChI=1S/C22H33N5O3/c1-5-6-7-11-27-20(28)18-19(24(3)22(27)29)23-21-25(12-8-13-26(18)21)16-14-15(2)9-10-17(16)30-4/h9-10,14,18-19,21,23H,5-8,11-13H2,1-4H3. The van der Waals surface area contributed by atoms with Gasteiger partial charge in [-0.15, -0.1) is 0 Å². The number of carbonyl (C=O) groups excluding carboxylic acids is 2. The summed E-state index contributed by atoms with van der Waals surface area (Å²) in [5.74, 6) is 0.739. The highest BCUT2D eigenvalue weighted by atomic mass is 16.5. The Hall–Kier alpha value is -2.32. The molecule has 30 heavy (non-hydrogen) atoms. The zero-order chi connectivity index (χ0) is 21.4. The topological polar surface area (TPSA) is 68.4 Å². The first-order valence-corrected chi connectivity index (χ1v) is 11.0. The maximum absolute atomic E-state index is 13.4. The van der Waals surface area contributed by atoms with E-state index >= 15 is 0 Å². The van der Waals surface area contributed by atoms with Gasteiger partial charge in [0, 0.05) is 26.7 Å². The second-order valence-corrected chi connectivity index (χ2v) is 8.48. The third-order valence-electron chi connectivity index (χ3n) is 6.50. The first-order valence-electron chi connectivity index (χ1n) is 11.0.